The zero-order valence-corrected chi connectivity index (χ0v) is 13.2. The maximum atomic E-state index is 12.3. The third-order valence-electron chi connectivity index (χ3n) is 5.34. The van der Waals surface area contributed by atoms with Gasteiger partial charge in [-0.25, -0.2) is 4.79 Å². The van der Waals surface area contributed by atoms with E-state index in [-0.39, 0.29) is 17.9 Å². The lowest BCUT2D eigenvalue weighted by atomic mass is 9.75. The second-order valence-corrected chi connectivity index (χ2v) is 6.78. The molecule has 0 atom stereocenters. The number of hydrogen-bond donors (Lipinski definition) is 4. The largest absolute Gasteiger partial charge is 0.386 e. The minimum Gasteiger partial charge on any atom is -0.386 e. The summed E-state index contributed by atoms with van der Waals surface area (Å²) in [5, 5.41) is 14.0. The minimum atomic E-state index is -0.621. The topological polar surface area (TPSA) is 91.0 Å². The lowest BCUT2D eigenvalue weighted by Gasteiger charge is -2.40. The van der Waals surface area contributed by atoms with Gasteiger partial charge in [-0.2, -0.15) is 0 Å². The normalized spacial score (nSPS) is 30.6. The van der Waals surface area contributed by atoms with E-state index in [1.165, 1.54) is 25.7 Å². The highest BCUT2D eigenvalue weighted by Crippen LogP contribution is 2.33. The number of urea groups is 1. The van der Waals surface area contributed by atoms with Crippen LogP contribution in [0.1, 0.15) is 71.1 Å². The molecule has 0 saturated heterocycles. The molecular formula is C16H30N4O. The van der Waals surface area contributed by atoms with Crippen molar-refractivity contribution in [2.75, 3.05) is 0 Å². The van der Waals surface area contributed by atoms with E-state index < -0.39 is 5.54 Å². The van der Waals surface area contributed by atoms with Gasteiger partial charge in [-0.1, -0.05) is 32.6 Å². The van der Waals surface area contributed by atoms with E-state index >= 15 is 0 Å². The van der Waals surface area contributed by atoms with E-state index in [2.05, 4.69) is 17.6 Å². The van der Waals surface area contributed by atoms with Crippen LogP contribution in [0.2, 0.25) is 0 Å². The molecule has 2 aliphatic rings. The van der Waals surface area contributed by atoms with E-state index in [9.17, 15) is 4.79 Å². The number of hydrogen-bond acceptors (Lipinski definition) is 2. The maximum absolute atomic E-state index is 12.3. The molecule has 0 unspecified atom stereocenters. The summed E-state index contributed by atoms with van der Waals surface area (Å²) >= 11 is 0. The number of amides is 2. The first-order chi connectivity index (χ1) is 10.1. The second kappa shape index (κ2) is 7.14. The summed E-state index contributed by atoms with van der Waals surface area (Å²) in [6.45, 7) is 2.20. The Bertz CT molecular complexity index is 368. The summed E-state index contributed by atoms with van der Waals surface area (Å²) in [6, 6.07) is 0.141. The summed E-state index contributed by atoms with van der Waals surface area (Å²) in [6.07, 6.45) is 10.6. The molecule has 2 fully saturated rings. The number of carbonyl (C=O) groups is 1. The van der Waals surface area contributed by atoms with E-state index in [1.54, 1.807) is 0 Å². The van der Waals surface area contributed by atoms with Crippen molar-refractivity contribution in [2.45, 2.75) is 82.7 Å². The van der Waals surface area contributed by atoms with Crippen LogP contribution < -0.4 is 16.4 Å². The van der Waals surface area contributed by atoms with Gasteiger partial charge in [0.25, 0.3) is 0 Å². The molecule has 5 N–H and O–H groups in total. The highest BCUT2D eigenvalue weighted by molar-refractivity contribution is 5.92. The fourth-order valence-corrected chi connectivity index (χ4v) is 3.73. The molecule has 0 spiro atoms. The van der Waals surface area contributed by atoms with Crippen LogP contribution in [0, 0.1) is 11.3 Å². The molecule has 21 heavy (non-hydrogen) atoms. The van der Waals surface area contributed by atoms with Gasteiger partial charge in [0, 0.05) is 6.04 Å². The maximum Gasteiger partial charge on any atom is 0.315 e. The Balaban J connectivity index is 1.90. The fraction of sp³-hybridized carbons (Fsp3) is 0.875. The molecule has 0 aromatic rings. The molecule has 0 radical (unpaired) electrons. The van der Waals surface area contributed by atoms with Gasteiger partial charge in [0.1, 0.15) is 5.84 Å². The van der Waals surface area contributed by atoms with Gasteiger partial charge in [-0.15, -0.1) is 0 Å². The molecule has 2 saturated carbocycles. The van der Waals surface area contributed by atoms with Crippen LogP contribution in [0.5, 0.6) is 0 Å². The first kappa shape index (κ1) is 16.1. The van der Waals surface area contributed by atoms with Gasteiger partial charge >= 0.3 is 6.03 Å². The molecule has 0 aromatic heterocycles. The Morgan fingerprint density at radius 3 is 2.33 bits per heavy atom. The summed E-state index contributed by atoms with van der Waals surface area (Å²) in [4.78, 5) is 12.3. The highest BCUT2D eigenvalue weighted by Gasteiger charge is 2.39. The monoisotopic (exact) mass is 294 g/mol. The average molecular weight is 294 g/mol. The Morgan fingerprint density at radius 2 is 1.81 bits per heavy atom. The number of nitrogens with two attached hydrogens (primary N) is 1. The molecule has 0 heterocycles. The molecule has 2 amide bonds. The number of rotatable bonds is 4. The van der Waals surface area contributed by atoms with Crippen LogP contribution >= 0.6 is 0 Å². The predicted molar refractivity (Wildman–Crippen MR) is 85.4 cm³/mol. The van der Waals surface area contributed by atoms with Gasteiger partial charge < -0.3 is 16.4 Å². The lowest BCUT2D eigenvalue weighted by Crippen LogP contribution is -2.61. The lowest BCUT2D eigenvalue weighted by molar-refractivity contribution is 0.205. The van der Waals surface area contributed by atoms with Crippen LogP contribution in [0.25, 0.3) is 0 Å². The van der Waals surface area contributed by atoms with Gasteiger partial charge in [-0.3, -0.25) is 5.41 Å². The van der Waals surface area contributed by atoms with E-state index in [0.717, 1.165) is 38.5 Å². The molecule has 0 aromatic carbocycles. The van der Waals surface area contributed by atoms with Crippen molar-refractivity contribution in [3.05, 3.63) is 0 Å². The van der Waals surface area contributed by atoms with Crippen molar-refractivity contribution >= 4 is 11.9 Å². The van der Waals surface area contributed by atoms with E-state index in [0.29, 0.717) is 5.92 Å². The number of nitrogens with one attached hydrogen (secondary N) is 3. The molecule has 2 aliphatic carbocycles. The summed E-state index contributed by atoms with van der Waals surface area (Å²) in [5.41, 5.74) is 5.19. The smallest absolute Gasteiger partial charge is 0.315 e. The molecule has 0 bridgehead atoms. The van der Waals surface area contributed by atoms with Crippen LogP contribution in [-0.2, 0) is 0 Å². The first-order valence-corrected chi connectivity index (χ1v) is 8.49. The van der Waals surface area contributed by atoms with Gasteiger partial charge in [0.2, 0.25) is 0 Å². The van der Waals surface area contributed by atoms with Crippen molar-refractivity contribution < 1.29 is 4.79 Å². The minimum absolute atomic E-state index is 0.107. The highest BCUT2D eigenvalue weighted by atomic mass is 16.2. The van der Waals surface area contributed by atoms with Crippen LogP contribution in [0.4, 0.5) is 4.79 Å². The fourth-order valence-electron chi connectivity index (χ4n) is 3.73. The first-order valence-electron chi connectivity index (χ1n) is 8.49. The van der Waals surface area contributed by atoms with E-state index in [4.69, 9.17) is 11.1 Å². The van der Waals surface area contributed by atoms with Gasteiger partial charge in [0.15, 0.2) is 0 Å². The third-order valence-corrected chi connectivity index (χ3v) is 5.34. The standard InChI is InChI=1S/C16H30N4O/c1-2-12-8-10-16(11-9-12,14(17)18)20-15(21)19-13-6-4-3-5-7-13/h12-13H,2-11H2,1H3,(H3,17,18)(H2,19,20,21). The summed E-state index contributed by atoms with van der Waals surface area (Å²) < 4.78 is 0. The van der Waals surface area contributed by atoms with E-state index in [1.807, 2.05) is 0 Å². The zero-order chi connectivity index (χ0) is 15.3. The molecule has 5 heteroatoms. The second-order valence-electron chi connectivity index (χ2n) is 6.78. The Morgan fingerprint density at radius 1 is 1.19 bits per heavy atom. The quantitative estimate of drug-likeness (QED) is 0.474. The van der Waals surface area contributed by atoms with Gasteiger partial charge in [-0.05, 0) is 44.4 Å². The Hall–Kier alpha value is -1.26. The SMILES string of the molecule is CCC1CCC(NC(=O)NC2CCCCC2)(C(=N)N)CC1. The van der Waals surface area contributed by atoms with Crippen LogP contribution in [0.3, 0.4) is 0 Å². The molecule has 2 rings (SSSR count). The Kier molecular flexibility index (Phi) is 5.48. The molecule has 120 valence electrons. The summed E-state index contributed by atoms with van der Waals surface area (Å²) in [5.74, 6) is 0.816. The van der Waals surface area contributed by atoms with Gasteiger partial charge in [0.05, 0.1) is 5.54 Å². The predicted octanol–water partition coefficient (Wildman–Crippen LogP) is 2.89. The van der Waals surface area contributed by atoms with Crippen LogP contribution in [-0.4, -0.2) is 23.4 Å². The Labute approximate surface area is 127 Å². The van der Waals surface area contributed by atoms with Crippen molar-refractivity contribution in [3.8, 4) is 0 Å². The number of carbonyl (C=O) groups excluding carboxylic acids is 1. The summed E-state index contributed by atoms with van der Waals surface area (Å²) in [7, 11) is 0. The van der Waals surface area contributed by atoms with Crippen LogP contribution in [0.15, 0.2) is 0 Å². The third kappa shape index (κ3) is 4.11. The van der Waals surface area contributed by atoms with Crippen molar-refractivity contribution in [1.82, 2.24) is 10.6 Å². The van der Waals surface area contributed by atoms with Crippen molar-refractivity contribution in [3.63, 3.8) is 0 Å². The van der Waals surface area contributed by atoms with Crippen molar-refractivity contribution in [1.29, 1.82) is 5.41 Å². The molecular weight excluding hydrogens is 264 g/mol. The zero-order valence-electron chi connectivity index (χ0n) is 13.2. The number of amidine groups is 1. The molecule has 5 nitrogen and oxygen atoms in total. The average Bonchev–Trinajstić information content (AvgIpc) is 2.48. The molecule has 0 aliphatic heterocycles. The van der Waals surface area contributed by atoms with Crippen molar-refractivity contribution in [2.24, 2.45) is 11.7 Å².